The quantitative estimate of drug-likeness (QED) is 0.396. The van der Waals surface area contributed by atoms with Crippen LogP contribution in [0.5, 0.6) is 0 Å². The number of carbonyl (C=O) groups is 3. The van der Waals surface area contributed by atoms with Crippen molar-refractivity contribution in [1.82, 2.24) is 25.9 Å². The average Bonchev–Trinajstić information content (AvgIpc) is 2.89. The van der Waals surface area contributed by atoms with Gasteiger partial charge in [-0.25, -0.2) is 4.98 Å². The Labute approximate surface area is 214 Å². The van der Waals surface area contributed by atoms with Gasteiger partial charge in [-0.3, -0.25) is 14.6 Å². The van der Waals surface area contributed by atoms with Crippen LogP contribution in [0.1, 0.15) is 42.4 Å². The lowest BCUT2D eigenvalue weighted by Gasteiger charge is -2.12. The molecule has 3 N–H and O–H groups in total. The summed E-state index contributed by atoms with van der Waals surface area (Å²) in [7, 11) is 1.75. The highest BCUT2D eigenvalue weighted by atomic mass is 16.2. The highest BCUT2D eigenvalue weighted by molar-refractivity contribution is 5.93. The molecule has 3 rings (SSSR count). The standard InChI is InChI=1S/C14H13N3O2.C10H14N2O.C4H10/c18-10-12(8-11-4-2-1-3-5-11)17-14(19)13-9-15-6-7-16-13;1-11-8-10(13)12-7-9-5-3-2-4-6-9;1-4(2)3/h1-7,9-10,12H,8H2,(H,17,19);2-6,11H,7-8H2,1H3,(H,12,13);4H,1-3H3. The summed E-state index contributed by atoms with van der Waals surface area (Å²) >= 11 is 0. The molecule has 1 heterocycles. The third-order valence-corrected chi connectivity index (χ3v) is 4.24. The maximum Gasteiger partial charge on any atom is 0.272 e. The molecule has 0 saturated heterocycles. The number of hydrogen-bond donors (Lipinski definition) is 3. The van der Waals surface area contributed by atoms with Gasteiger partial charge in [-0.1, -0.05) is 81.4 Å². The summed E-state index contributed by atoms with van der Waals surface area (Å²) in [6, 6.07) is 18.8. The zero-order valence-corrected chi connectivity index (χ0v) is 21.5. The fourth-order valence-corrected chi connectivity index (χ4v) is 2.68. The number of aldehydes is 1. The molecule has 1 aromatic heterocycles. The molecule has 1 unspecified atom stereocenters. The molecule has 0 spiro atoms. The van der Waals surface area contributed by atoms with Crippen LogP contribution in [0.3, 0.4) is 0 Å². The lowest BCUT2D eigenvalue weighted by molar-refractivity contribution is -0.120. The van der Waals surface area contributed by atoms with Gasteiger partial charge < -0.3 is 20.7 Å². The lowest BCUT2D eigenvalue weighted by atomic mass is 10.1. The normalized spacial score (nSPS) is 10.6. The zero-order valence-electron chi connectivity index (χ0n) is 21.5. The first kappa shape index (κ1) is 30.1. The van der Waals surface area contributed by atoms with Crippen LogP contribution in [0.15, 0.2) is 79.3 Å². The predicted molar refractivity (Wildman–Crippen MR) is 142 cm³/mol. The molecule has 1 atom stereocenters. The fraction of sp³-hybridized carbons (Fsp3) is 0.321. The number of amides is 2. The van der Waals surface area contributed by atoms with E-state index in [9.17, 15) is 14.4 Å². The van der Waals surface area contributed by atoms with Crippen LogP contribution in [0.4, 0.5) is 0 Å². The van der Waals surface area contributed by atoms with Crippen molar-refractivity contribution in [2.45, 2.75) is 39.8 Å². The molecule has 0 aliphatic heterocycles. The Morgan fingerprint density at radius 2 is 1.50 bits per heavy atom. The Morgan fingerprint density at radius 1 is 0.917 bits per heavy atom. The molecule has 2 amide bonds. The molecule has 36 heavy (non-hydrogen) atoms. The van der Waals surface area contributed by atoms with Crippen molar-refractivity contribution in [3.8, 4) is 0 Å². The molecular weight excluding hydrogens is 454 g/mol. The highest BCUT2D eigenvalue weighted by Crippen LogP contribution is 2.03. The van der Waals surface area contributed by atoms with Crippen molar-refractivity contribution in [1.29, 1.82) is 0 Å². The van der Waals surface area contributed by atoms with Gasteiger partial charge in [0.15, 0.2) is 0 Å². The average molecular weight is 492 g/mol. The van der Waals surface area contributed by atoms with Crippen LogP contribution in [-0.4, -0.2) is 47.7 Å². The Morgan fingerprint density at radius 3 is 2.00 bits per heavy atom. The Bertz CT molecular complexity index is 997. The molecule has 8 nitrogen and oxygen atoms in total. The molecule has 0 fully saturated rings. The first-order valence-electron chi connectivity index (χ1n) is 11.9. The molecule has 0 radical (unpaired) electrons. The van der Waals surface area contributed by atoms with Gasteiger partial charge in [-0.15, -0.1) is 0 Å². The van der Waals surface area contributed by atoms with Gasteiger partial charge in [0.05, 0.1) is 18.8 Å². The van der Waals surface area contributed by atoms with Crippen LogP contribution < -0.4 is 16.0 Å². The van der Waals surface area contributed by atoms with Crippen LogP contribution in [0, 0.1) is 5.92 Å². The summed E-state index contributed by atoms with van der Waals surface area (Å²) in [5.41, 5.74) is 2.30. The smallest absolute Gasteiger partial charge is 0.272 e. The fourth-order valence-electron chi connectivity index (χ4n) is 2.68. The van der Waals surface area contributed by atoms with E-state index in [-0.39, 0.29) is 11.6 Å². The Kier molecular flexibility index (Phi) is 15.4. The number of aromatic nitrogens is 2. The van der Waals surface area contributed by atoms with Gasteiger partial charge in [0.1, 0.15) is 12.0 Å². The molecule has 8 heteroatoms. The minimum Gasteiger partial charge on any atom is -0.351 e. The number of benzene rings is 2. The van der Waals surface area contributed by atoms with Crippen molar-refractivity contribution in [2.24, 2.45) is 5.92 Å². The molecule has 0 bridgehead atoms. The molecule has 0 aliphatic rings. The number of rotatable bonds is 9. The number of hydrogen-bond acceptors (Lipinski definition) is 6. The van der Waals surface area contributed by atoms with E-state index in [0.717, 1.165) is 23.3 Å². The Hall–Kier alpha value is -3.91. The number of carbonyl (C=O) groups excluding carboxylic acids is 3. The van der Waals surface area contributed by atoms with E-state index < -0.39 is 11.9 Å². The second-order valence-corrected chi connectivity index (χ2v) is 8.52. The first-order valence-corrected chi connectivity index (χ1v) is 11.9. The van der Waals surface area contributed by atoms with E-state index in [1.165, 1.54) is 18.6 Å². The third-order valence-electron chi connectivity index (χ3n) is 4.24. The molecule has 192 valence electrons. The minimum absolute atomic E-state index is 0.0198. The van der Waals surface area contributed by atoms with Crippen molar-refractivity contribution in [2.75, 3.05) is 13.6 Å². The summed E-state index contributed by atoms with van der Waals surface area (Å²) in [5, 5.41) is 8.21. The maximum absolute atomic E-state index is 11.8. The van der Waals surface area contributed by atoms with Gasteiger partial charge in [0.25, 0.3) is 5.91 Å². The largest absolute Gasteiger partial charge is 0.351 e. The highest BCUT2D eigenvalue weighted by Gasteiger charge is 2.14. The summed E-state index contributed by atoms with van der Waals surface area (Å²) in [6.45, 7) is 7.47. The molecule has 2 aromatic carbocycles. The third kappa shape index (κ3) is 14.4. The van der Waals surface area contributed by atoms with Crippen LogP contribution in [-0.2, 0) is 22.6 Å². The maximum atomic E-state index is 11.8. The lowest BCUT2D eigenvalue weighted by Crippen LogP contribution is -2.38. The first-order chi connectivity index (χ1) is 17.3. The van der Waals surface area contributed by atoms with E-state index in [1.807, 2.05) is 60.7 Å². The molecular formula is C28H37N5O3. The summed E-state index contributed by atoms with van der Waals surface area (Å²) < 4.78 is 0. The van der Waals surface area contributed by atoms with E-state index in [0.29, 0.717) is 19.5 Å². The van der Waals surface area contributed by atoms with Gasteiger partial charge in [0, 0.05) is 18.9 Å². The summed E-state index contributed by atoms with van der Waals surface area (Å²) in [4.78, 5) is 41.6. The topological polar surface area (TPSA) is 113 Å². The second kappa shape index (κ2) is 18.4. The molecule has 3 aromatic rings. The van der Waals surface area contributed by atoms with Crippen LogP contribution in [0.25, 0.3) is 0 Å². The van der Waals surface area contributed by atoms with Crippen molar-refractivity contribution < 1.29 is 14.4 Å². The second-order valence-electron chi connectivity index (χ2n) is 8.52. The summed E-state index contributed by atoms with van der Waals surface area (Å²) in [6.07, 6.45) is 5.46. The van der Waals surface area contributed by atoms with Gasteiger partial charge in [0.2, 0.25) is 5.91 Å². The molecule has 0 saturated carbocycles. The van der Waals surface area contributed by atoms with Crippen molar-refractivity contribution >= 4 is 18.1 Å². The number of likely N-dealkylation sites (N-methyl/N-ethyl adjacent to an activating group) is 1. The zero-order chi connectivity index (χ0) is 26.6. The van der Waals surface area contributed by atoms with Crippen molar-refractivity contribution in [3.63, 3.8) is 0 Å². The predicted octanol–water partition coefficient (Wildman–Crippen LogP) is 3.20. The van der Waals surface area contributed by atoms with E-state index in [4.69, 9.17) is 0 Å². The van der Waals surface area contributed by atoms with Gasteiger partial charge in [-0.2, -0.15) is 0 Å². The van der Waals surface area contributed by atoms with E-state index in [2.05, 4.69) is 46.7 Å². The molecule has 0 aliphatic carbocycles. The minimum atomic E-state index is -0.572. The Balaban J connectivity index is 0.000000330. The van der Waals surface area contributed by atoms with E-state index in [1.54, 1.807) is 7.05 Å². The summed E-state index contributed by atoms with van der Waals surface area (Å²) in [5.74, 6) is 0.451. The van der Waals surface area contributed by atoms with Gasteiger partial charge in [-0.05, 0) is 30.5 Å². The SMILES string of the molecule is CC(C)C.CNCC(=O)NCc1ccccc1.O=CC(Cc1ccccc1)NC(=O)c1cnccn1. The van der Waals surface area contributed by atoms with Crippen LogP contribution >= 0.6 is 0 Å². The van der Waals surface area contributed by atoms with E-state index >= 15 is 0 Å². The monoisotopic (exact) mass is 491 g/mol. The number of nitrogens with zero attached hydrogens (tertiary/aromatic N) is 2. The van der Waals surface area contributed by atoms with Crippen LogP contribution in [0.2, 0.25) is 0 Å². The van der Waals surface area contributed by atoms with Crippen molar-refractivity contribution in [3.05, 3.63) is 96.1 Å². The number of nitrogens with one attached hydrogen (secondary N) is 3. The van der Waals surface area contributed by atoms with Gasteiger partial charge >= 0.3 is 0 Å².